The number of benzene rings is 3. The highest BCUT2D eigenvalue weighted by Crippen LogP contribution is 2.40. The van der Waals surface area contributed by atoms with E-state index in [1.807, 2.05) is 73.7 Å². The summed E-state index contributed by atoms with van der Waals surface area (Å²) in [7, 11) is 1.39. The van der Waals surface area contributed by atoms with Gasteiger partial charge in [0.25, 0.3) is 5.91 Å². The van der Waals surface area contributed by atoms with Crippen LogP contribution in [0, 0.1) is 0 Å². The molecule has 5 rings (SSSR count). The van der Waals surface area contributed by atoms with E-state index in [1.165, 1.54) is 7.11 Å². The van der Waals surface area contributed by atoms with Gasteiger partial charge in [0, 0.05) is 23.5 Å². The van der Waals surface area contributed by atoms with Crippen LogP contribution in [-0.4, -0.2) is 41.4 Å². The molecule has 0 aliphatic carbocycles. The minimum atomic E-state index is -0.383. The molecule has 7 heteroatoms. The zero-order chi connectivity index (χ0) is 23.7. The van der Waals surface area contributed by atoms with Gasteiger partial charge in [-0.2, -0.15) is 0 Å². The third-order valence-corrected chi connectivity index (χ3v) is 7.24. The van der Waals surface area contributed by atoms with Crippen LogP contribution in [0.1, 0.15) is 35.3 Å². The molecule has 6 nitrogen and oxygen atoms in total. The minimum absolute atomic E-state index is 0.173. The fourth-order valence-corrected chi connectivity index (χ4v) is 5.61. The van der Waals surface area contributed by atoms with E-state index in [9.17, 15) is 9.59 Å². The third-order valence-electron chi connectivity index (χ3n) is 6.16. The lowest BCUT2D eigenvalue weighted by molar-refractivity contribution is -0.136. The van der Waals surface area contributed by atoms with E-state index in [2.05, 4.69) is 15.2 Å². The highest BCUT2D eigenvalue weighted by atomic mass is 32.2. The van der Waals surface area contributed by atoms with Crippen LogP contribution in [0.25, 0.3) is 10.8 Å². The van der Waals surface area contributed by atoms with E-state index in [4.69, 9.17) is 4.74 Å². The second kappa shape index (κ2) is 9.35. The molecule has 0 bridgehead atoms. The summed E-state index contributed by atoms with van der Waals surface area (Å²) in [6.07, 6.45) is 1.01. The quantitative estimate of drug-likeness (QED) is 0.517. The number of carbonyl (C=O) groups is 2. The monoisotopic (exact) mass is 471 g/mol. The SMILES string of the molecule is COC(=O)C1=C(C)N=C2SCCCN2[C@H]1c1cccc(NC(=O)c2cccc3ccccc23)c1. The lowest BCUT2D eigenvalue weighted by Gasteiger charge is -2.40. The van der Waals surface area contributed by atoms with E-state index >= 15 is 0 Å². The molecule has 0 spiro atoms. The average Bonchev–Trinajstić information content (AvgIpc) is 2.87. The summed E-state index contributed by atoms with van der Waals surface area (Å²) in [5.41, 5.74) is 3.40. The van der Waals surface area contributed by atoms with E-state index < -0.39 is 0 Å². The molecule has 1 amide bonds. The molecule has 34 heavy (non-hydrogen) atoms. The molecule has 0 saturated carbocycles. The summed E-state index contributed by atoms with van der Waals surface area (Å²) in [5.74, 6) is 0.448. The molecule has 0 radical (unpaired) electrons. The van der Waals surface area contributed by atoms with Crippen molar-refractivity contribution in [3.63, 3.8) is 0 Å². The Hall–Kier alpha value is -3.58. The topological polar surface area (TPSA) is 71.0 Å². The molecule has 0 unspecified atom stereocenters. The van der Waals surface area contributed by atoms with Gasteiger partial charge < -0.3 is 15.0 Å². The Morgan fingerprint density at radius 3 is 2.74 bits per heavy atom. The maximum absolute atomic E-state index is 13.2. The zero-order valence-corrected chi connectivity index (χ0v) is 19.9. The Morgan fingerprint density at radius 2 is 1.88 bits per heavy atom. The molecule has 2 aliphatic rings. The number of nitrogens with zero attached hydrogens (tertiary/aromatic N) is 2. The highest BCUT2D eigenvalue weighted by Gasteiger charge is 2.37. The summed E-state index contributed by atoms with van der Waals surface area (Å²) in [4.78, 5) is 32.8. The minimum Gasteiger partial charge on any atom is -0.466 e. The number of aliphatic imine (C=N–C) groups is 1. The average molecular weight is 472 g/mol. The molecule has 2 aliphatic heterocycles. The molecule has 172 valence electrons. The molecule has 1 fully saturated rings. The highest BCUT2D eigenvalue weighted by molar-refractivity contribution is 8.13. The van der Waals surface area contributed by atoms with Crippen LogP contribution < -0.4 is 5.32 Å². The summed E-state index contributed by atoms with van der Waals surface area (Å²) < 4.78 is 5.12. The van der Waals surface area contributed by atoms with Crippen LogP contribution in [0.5, 0.6) is 0 Å². The van der Waals surface area contributed by atoms with Crippen molar-refractivity contribution in [3.8, 4) is 0 Å². The van der Waals surface area contributed by atoms with Crippen molar-refractivity contribution in [3.05, 3.63) is 89.1 Å². The fourth-order valence-electron chi connectivity index (χ4n) is 4.59. The van der Waals surface area contributed by atoms with Gasteiger partial charge in [-0.25, -0.2) is 9.79 Å². The first-order chi connectivity index (χ1) is 16.6. The number of ether oxygens (including phenoxy) is 1. The lowest BCUT2D eigenvalue weighted by atomic mass is 9.94. The molecular weight excluding hydrogens is 446 g/mol. The fraction of sp³-hybridized carbons (Fsp3) is 0.222. The van der Waals surface area contributed by atoms with Crippen molar-refractivity contribution in [2.24, 2.45) is 4.99 Å². The van der Waals surface area contributed by atoms with Crippen LogP contribution in [0.4, 0.5) is 5.69 Å². The zero-order valence-electron chi connectivity index (χ0n) is 19.1. The van der Waals surface area contributed by atoms with Crippen molar-refractivity contribution < 1.29 is 14.3 Å². The van der Waals surface area contributed by atoms with Gasteiger partial charge in [-0.1, -0.05) is 60.3 Å². The Kier molecular flexibility index (Phi) is 6.11. The van der Waals surface area contributed by atoms with Crippen LogP contribution >= 0.6 is 11.8 Å². The Balaban J connectivity index is 1.50. The number of nitrogens with one attached hydrogen (secondary N) is 1. The number of hydrogen-bond donors (Lipinski definition) is 1. The predicted molar refractivity (Wildman–Crippen MR) is 137 cm³/mol. The van der Waals surface area contributed by atoms with Crippen molar-refractivity contribution >= 4 is 45.3 Å². The molecule has 2 heterocycles. The summed E-state index contributed by atoms with van der Waals surface area (Å²) >= 11 is 1.70. The Labute approximate surface area is 202 Å². The second-order valence-electron chi connectivity index (χ2n) is 8.29. The standard InChI is InChI=1S/C27H25N3O3S/c1-17-23(26(32)33-2)24(30-14-7-15-34-27(30)28-17)19-10-5-11-20(16-19)29-25(31)22-13-6-9-18-8-3-4-12-21(18)22/h3-6,8-13,16,24H,7,14-15H2,1-2H3,(H,29,31)/t24-/m0/s1. The number of fused-ring (bicyclic) bond motifs is 2. The third kappa shape index (κ3) is 4.07. The number of thioether (sulfide) groups is 1. The van der Waals surface area contributed by atoms with Gasteiger partial charge in [0.1, 0.15) is 0 Å². The second-order valence-corrected chi connectivity index (χ2v) is 9.35. The number of hydrogen-bond acceptors (Lipinski definition) is 6. The van der Waals surface area contributed by atoms with Gasteiger partial charge in [0.15, 0.2) is 5.17 Å². The summed E-state index contributed by atoms with van der Waals surface area (Å²) in [6.45, 7) is 2.65. The van der Waals surface area contributed by atoms with Gasteiger partial charge in [-0.3, -0.25) is 4.79 Å². The number of amides is 1. The van der Waals surface area contributed by atoms with Gasteiger partial charge >= 0.3 is 5.97 Å². The first-order valence-electron chi connectivity index (χ1n) is 11.2. The molecule has 1 atom stereocenters. The molecular formula is C27H25N3O3S. The number of amidine groups is 1. The number of anilines is 1. The summed E-state index contributed by atoms with van der Waals surface area (Å²) in [6, 6.07) is 20.9. The van der Waals surface area contributed by atoms with Gasteiger partial charge in [-0.05, 0) is 47.9 Å². The van der Waals surface area contributed by atoms with Crippen molar-refractivity contribution in [1.29, 1.82) is 0 Å². The van der Waals surface area contributed by atoms with Crippen LogP contribution in [0.2, 0.25) is 0 Å². The summed E-state index contributed by atoms with van der Waals surface area (Å²) in [5, 5.41) is 5.89. The van der Waals surface area contributed by atoms with Crippen LogP contribution in [0.3, 0.4) is 0 Å². The first-order valence-corrected chi connectivity index (χ1v) is 12.2. The smallest absolute Gasteiger partial charge is 0.338 e. The van der Waals surface area contributed by atoms with E-state index in [0.717, 1.165) is 40.2 Å². The largest absolute Gasteiger partial charge is 0.466 e. The van der Waals surface area contributed by atoms with Crippen molar-refractivity contribution in [2.45, 2.75) is 19.4 Å². The van der Waals surface area contributed by atoms with Crippen molar-refractivity contribution in [2.75, 3.05) is 24.7 Å². The number of carbonyl (C=O) groups excluding carboxylic acids is 2. The Morgan fingerprint density at radius 1 is 1.09 bits per heavy atom. The van der Waals surface area contributed by atoms with Gasteiger partial charge in [0.05, 0.1) is 24.4 Å². The van der Waals surface area contributed by atoms with E-state index in [1.54, 1.807) is 11.8 Å². The number of rotatable bonds is 4. The first kappa shape index (κ1) is 22.2. The van der Waals surface area contributed by atoms with Gasteiger partial charge in [0.2, 0.25) is 0 Å². The lowest BCUT2D eigenvalue weighted by Crippen LogP contribution is -2.42. The predicted octanol–water partition coefficient (Wildman–Crippen LogP) is 5.39. The molecule has 3 aromatic carbocycles. The number of allylic oxidation sites excluding steroid dienone is 1. The van der Waals surface area contributed by atoms with Crippen LogP contribution in [-0.2, 0) is 9.53 Å². The van der Waals surface area contributed by atoms with E-state index in [0.29, 0.717) is 22.5 Å². The molecule has 3 aromatic rings. The molecule has 1 saturated heterocycles. The van der Waals surface area contributed by atoms with Crippen molar-refractivity contribution in [1.82, 2.24) is 4.90 Å². The molecule has 0 aromatic heterocycles. The number of esters is 1. The maximum atomic E-state index is 13.2. The maximum Gasteiger partial charge on any atom is 0.338 e. The Bertz CT molecular complexity index is 1340. The van der Waals surface area contributed by atoms with Gasteiger partial charge in [-0.15, -0.1) is 0 Å². The normalized spacial score (nSPS) is 17.8. The number of methoxy groups -OCH3 is 1. The van der Waals surface area contributed by atoms with Crippen LogP contribution in [0.15, 0.2) is 83.0 Å². The molecule has 1 N–H and O–H groups in total. The van der Waals surface area contributed by atoms with E-state index in [-0.39, 0.29) is 17.9 Å².